The third kappa shape index (κ3) is 4.59. The number of anilines is 1. The first kappa shape index (κ1) is 12.2. The number of hydrazone groups is 1. The molecular weight excluding hydrogens is 204 g/mol. The van der Waals surface area contributed by atoms with Gasteiger partial charge in [-0.25, -0.2) is 0 Å². The van der Waals surface area contributed by atoms with Crippen molar-refractivity contribution < 1.29 is 9.53 Å². The highest BCUT2D eigenvalue weighted by atomic mass is 16.5. The summed E-state index contributed by atoms with van der Waals surface area (Å²) < 4.78 is 4.55. The van der Waals surface area contributed by atoms with Gasteiger partial charge >= 0.3 is 5.97 Å². The van der Waals surface area contributed by atoms with Gasteiger partial charge < -0.3 is 4.74 Å². The highest BCUT2D eigenvalue weighted by Crippen LogP contribution is 2.05. The van der Waals surface area contributed by atoms with E-state index in [1.807, 2.05) is 37.3 Å². The van der Waals surface area contributed by atoms with Crippen molar-refractivity contribution in [3.8, 4) is 0 Å². The molecule has 0 amide bonds. The first-order chi connectivity index (χ1) is 7.72. The van der Waals surface area contributed by atoms with Crippen LogP contribution >= 0.6 is 0 Å². The van der Waals surface area contributed by atoms with Gasteiger partial charge in [0.25, 0.3) is 0 Å². The van der Waals surface area contributed by atoms with E-state index in [9.17, 15) is 4.79 Å². The molecule has 1 rings (SSSR count). The summed E-state index contributed by atoms with van der Waals surface area (Å²) in [6.07, 6.45) is 0.967. The Bertz CT molecular complexity index is 361. The summed E-state index contributed by atoms with van der Waals surface area (Å²) in [5.41, 5.74) is 4.72. The Balaban J connectivity index is 2.37. The predicted octanol–water partition coefficient (Wildman–Crippen LogP) is 2.43. The minimum atomic E-state index is -0.214. The van der Waals surface area contributed by atoms with Crippen LogP contribution in [0.15, 0.2) is 35.4 Å². The van der Waals surface area contributed by atoms with E-state index in [-0.39, 0.29) is 5.97 Å². The molecule has 4 heteroatoms. The van der Waals surface area contributed by atoms with Gasteiger partial charge in [-0.05, 0) is 25.5 Å². The van der Waals surface area contributed by atoms with E-state index in [4.69, 9.17) is 0 Å². The second kappa shape index (κ2) is 6.61. The number of methoxy groups -OCH3 is 1. The van der Waals surface area contributed by atoms with Gasteiger partial charge in [0.2, 0.25) is 0 Å². The Morgan fingerprint density at radius 1 is 1.31 bits per heavy atom. The molecule has 0 spiro atoms. The Hall–Kier alpha value is -1.84. The lowest BCUT2D eigenvalue weighted by atomic mass is 10.2. The van der Waals surface area contributed by atoms with E-state index in [1.165, 1.54) is 7.11 Å². The number of esters is 1. The summed E-state index contributed by atoms with van der Waals surface area (Å²) >= 11 is 0. The summed E-state index contributed by atoms with van der Waals surface area (Å²) in [7, 11) is 1.39. The lowest BCUT2D eigenvalue weighted by Crippen LogP contribution is -2.04. The van der Waals surface area contributed by atoms with Crippen molar-refractivity contribution >= 4 is 17.4 Å². The van der Waals surface area contributed by atoms with Gasteiger partial charge in [-0.1, -0.05) is 18.2 Å². The molecule has 0 heterocycles. The van der Waals surface area contributed by atoms with Crippen LogP contribution in [-0.4, -0.2) is 18.8 Å². The molecule has 0 radical (unpaired) electrons. The summed E-state index contributed by atoms with van der Waals surface area (Å²) in [5, 5.41) is 4.16. The zero-order valence-corrected chi connectivity index (χ0v) is 9.56. The van der Waals surface area contributed by atoms with Crippen molar-refractivity contribution in [1.29, 1.82) is 0 Å². The number of hydrogen-bond acceptors (Lipinski definition) is 4. The molecule has 0 unspecified atom stereocenters. The SMILES string of the molecule is COC(=O)CC/C(C)=N/Nc1ccccc1. The minimum absolute atomic E-state index is 0.214. The first-order valence-corrected chi connectivity index (χ1v) is 5.13. The third-order valence-electron chi connectivity index (χ3n) is 2.07. The molecule has 0 aliphatic heterocycles. The summed E-state index contributed by atoms with van der Waals surface area (Å²) in [6.45, 7) is 1.87. The molecule has 0 atom stereocenters. The minimum Gasteiger partial charge on any atom is -0.469 e. The molecule has 0 saturated heterocycles. The molecule has 0 fully saturated rings. The van der Waals surface area contributed by atoms with Crippen molar-refractivity contribution in [2.24, 2.45) is 5.10 Å². The van der Waals surface area contributed by atoms with E-state index in [0.717, 1.165) is 11.4 Å². The fraction of sp³-hybridized carbons (Fsp3) is 0.333. The average Bonchev–Trinajstić information content (AvgIpc) is 2.34. The number of benzene rings is 1. The number of ether oxygens (including phenoxy) is 1. The highest BCUT2D eigenvalue weighted by molar-refractivity contribution is 5.86. The Labute approximate surface area is 95.3 Å². The van der Waals surface area contributed by atoms with Gasteiger partial charge in [0, 0.05) is 5.71 Å². The van der Waals surface area contributed by atoms with Crippen LogP contribution in [0.2, 0.25) is 0 Å². The molecule has 0 aliphatic carbocycles. The molecule has 0 aliphatic rings. The van der Waals surface area contributed by atoms with Gasteiger partial charge in [-0.3, -0.25) is 10.2 Å². The number of rotatable bonds is 5. The van der Waals surface area contributed by atoms with Gasteiger partial charge in [0.05, 0.1) is 19.2 Å². The molecule has 1 aromatic carbocycles. The van der Waals surface area contributed by atoms with Crippen LogP contribution in [-0.2, 0) is 9.53 Å². The summed E-state index contributed by atoms with van der Waals surface area (Å²) in [6, 6.07) is 9.66. The van der Waals surface area contributed by atoms with Crippen LogP contribution in [0, 0.1) is 0 Å². The Morgan fingerprint density at radius 2 is 2.00 bits per heavy atom. The topological polar surface area (TPSA) is 50.7 Å². The maximum atomic E-state index is 10.9. The lowest BCUT2D eigenvalue weighted by Gasteiger charge is -2.02. The smallest absolute Gasteiger partial charge is 0.305 e. The van der Waals surface area contributed by atoms with Crippen LogP contribution in [0.3, 0.4) is 0 Å². The zero-order valence-electron chi connectivity index (χ0n) is 9.56. The average molecular weight is 220 g/mol. The second-order valence-corrected chi connectivity index (χ2v) is 3.40. The van der Waals surface area contributed by atoms with E-state index in [2.05, 4.69) is 15.3 Å². The number of nitrogens with one attached hydrogen (secondary N) is 1. The van der Waals surface area contributed by atoms with Crippen LogP contribution in [0.1, 0.15) is 19.8 Å². The molecule has 86 valence electrons. The van der Waals surface area contributed by atoms with E-state index < -0.39 is 0 Å². The van der Waals surface area contributed by atoms with Gasteiger partial charge in [0.1, 0.15) is 0 Å². The largest absolute Gasteiger partial charge is 0.469 e. The zero-order chi connectivity index (χ0) is 11.8. The van der Waals surface area contributed by atoms with Crippen LogP contribution in [0.25, 0.3) is 0 Å². The van der Waals surface area contributed by atoms with Gasteiger partial charge in [-0.2, -0.15) is 5.10 Å². The molecule has 1 N–H and O–H groups in total. The number of nitrogens with zero attached hydrogens (tertiary/aromatic N) is 1. The maximum Gasteiger partial charge on any atom is 0.305 e. The number of para-hydroxylation sites is 1. The van der Waals surface area contributed by atoms with Crippen molar-refractivity contribution in [2.45, 2.75) is 19.8 Å². The second-order valence-electron chi connectivity index (χ2n) is 3.40. The fourth-order valence-corrected chi connectivity index (χ4v) is 1.11. The normalized spacial score (nSPS) is 11.0. The predicted molar refractivity (Wildman–Crippen MR) is 64.4 cm³/mol. The highest BCUT2D eigenvalue weighted by Gasteiger charge is 2.01. The van der Waals surface area contributed by atoms with E-state index in [1.54, 1.807) is 0 Å². The molecule has 0 bridgehead atoms. The van der Waals surface area contributed by atoms with Crippen molar-refractivity contribution in [3.63, 3.8) is 0 Å². The van der Waals surface area contributed by atoms with Crippen molar-refractivity contribution in [3.05, 3.63) is 30.3 Å². The van der Waals surface area contributed by atoms with Gasteiger partial charge in [-0.15, -0.1) is 0 Å². The summed E-state index contributed by atoms with van der Waals surface area (Å²) in [4.78, 5) is 10.9. The van der Waals surface area contributed by atoms with Crippen LogP contribution in [0.5, 0.6) is 0 Å². The van der Waals surface area contributed by atoms with Crippen molar-refractivity contribution in [1.82, 2.24) is 0 Å². The molecule has 4 nitrogen and oxygen atoms in total. The number of hydrogen-bond donors (Lipinski definition) is 1. The molecule has 0 aromatic heterocycles. The fourth-order valence-electron chi connectivity index (χ4n) is 1.11. The van der Waals surface area contributed by atoms with E-state index >= 15 is 0 Å². The van der Waals surface area contributed by atoms with Crippen LogP contribution < -0.4 is 5.43 Å². The molecule has 1 aromatic rings. The number of carbonyl (C=O) groups is 1. The molecule has 0 saturated carbocycles. The lowest BCUT2D eigenvalue weighted by molar-refractivity contribution is -0.140. The van der Waals surface area contributed by atoms with Gasteiger partial charge in [0.15, 0.2) is 0 Å². The quantitative estimate of drug-likeness (QED) is 0.471. The Kier molecular flexibility index (Phi) is 5.05. The Morgan fingerprint density at radius 3 is 2.62 bits per heavy atom. The molecular formula is C12H16N2O2. The monoisotopic (exact) mass is 220 g/mol. The standard InChI is InChI=1S/C12H16N2O2/c1-10(8-9-12(15)16-2)13-14-11-6-4-3-5-7-11/h3-7,14H,8-9H2,1-2H3/b13-10+. The van der Waals surface area contributed by atoms with E-state index in [0.29, 0.717) is 12.8 Å². The van der Waals surface area contributed by atoms with Crippen LogP contribution in [0.4, 0.5) is 5.69 Å². The summed E-state index contributed by atoms with van der Waals surface area (Å²) in [5.74, 6) is -0.214. The third-order valence-corrected chi connectivity index (χ3v) is 2.07. The molecule has 16 heavy (non-hydrogen) atoms. The first-order valence-electron chi connectivity index (χ1n) is 5.13. The number of carbonyl (C=O) groups excluding carboxylic acids is 1. The van der Waals surface area contributed by atoms with Crippen molar-refractivity contribution in [2.75, 3.05) is 12.5 Å². The maximum absolute atomic E-state index is 10.9.